The van der Waals surface area contributed by atoms with E-state index >= 15 is 0 Å². The van der Waals surface area contributed by atoms with Crippen LogP contribution in [0.5, 0.6) is 6.01 Å². The minimum absolute atomic E-state index is 0.142. The van der Waals surface area contributed by atoms with Crippen molar-refractivity contribution in [3.05, 3.63) is 0 Å². The van der Waals surface area contributed by atoms with Gasteiger partial charge in [-0.05, 0) is 13.3 Å². The van der Waals surface area contributed by atoms with Gasteiger partial charge in [-0.25, -0.2) is 0 Å². The fourth-order valence-corrected chi connectivity index (χ4v) is 1.23. The summed E-state index contributed by atoms with van der Waals surface area (Å²) in [5.74, 6) is 0.549. The molecule has 7 nitrogen and oxygen atoms in total. The van der Waals surface area contributed by atoms with Crippen LogP contribution in [0.3, 0.4) is 0 Å². The molecule has 0 bridgehead atoms. The molecule has 7 heteroatoms. The fraction of sp³-hybridized carbons (Fsp3) is 0.727. The van der Waals surface area contributed by atoms with Crippen molar-refractivity contribution in [2.45, 2.75) is 26.7 Å². The molecule has 102 valence electrons. The zero-order valence-corrected chi connectivity index (χ0v) is 11.0. The smallest absolute Gasteiger partial charge is 0.323 e. The number of rotatable bonds is 9. The first-order valence-corrected chi connectivity index (χ1v) is 6.22. The second-order valence-electron chi connectivity index (χ2n) is 3.63. The van der Waals surface area contributed by atoms with E-state index in [1.807, 2.05) is 6.92 Å². The molecule has 0 spiro atoms. The van der Waals surface area contributed by atoms with E-state index in [0.717, 1.165) is 19.4 Å². The molecule has 0 unspecified atom stereocenters. The van der Waals surface area contributed by atoms with Gasteiger partial charge in [0.15, 0.2) is 0 Å². The quantitative estimate of drug-likeness (QED) is 0.637. The van der Waals surface area contributed by atoms with Gasteiger partial charge in [-0.3, -0.25) is 0 Å². The molecule has 1 aromatic heterocycles. The van der Waals surface area contributed by atoms with Crippen molar-refractivity contribution in [3.8, 4) is 6.01 Å². The summed E-state index contributed by atoms with van der Waals surface area (Å²) in [6.45, 7) is 6.48. The number of aromatic nitrogens is 3. The maximum absolute atomic E-state index is 5.55. The van der Waals surface area contributed by atoms with Gasteiger partial charge in [-0.2, -0.15) is 15.0 Å². The number of anilines is 2. The number of nitrogens with two attached hydrogens (primary N) is 1. The van der Waals surface area contributed by atoms with Gasteiger partial charge in [-0.1, -0.05) is 13.3 Å². The molecular weight excluding hydrogens is 234 g/mol. The molecule has 18 heavy (non-hydrogen) atoms. The Labute approximate surface area is 107 Å². The first kappa shape index (κ1) is 14.4. The van der Waals surface area contributed by atoms with Gasteiger partial charge in [-0.15, -0.1) is 0 Å². The first-order chi connectivity index (χ1) is 8.76. The van der Waals surface area contributed by atoms with Crippen LogP contribution < -0.4 is 15.8 Å². The number of hydrogen-bond acceptors (Lipinski definition) is 7. The highest BCUT2D eigenvalue weighted by molar-refractivity contribution is 5.32. The number of hydrogen-bond donors (Lipinski definition) is 2. The van der Waals surface area contributed by atoms with Crippen LogP contribution in [0.15, 0.2) is 0 Å². The average Bonchev–Trinajstić information content (AvgIpc) is 2.33. The summed E-state index contributed by atoms with van der Waals surface area (Å²) >= 11 is 0. The second kappa shape index (κ2) is 8.46. The highest BCUT2D eigenvalue weighted by atomic mass is 16.5. The van der Waals surface area contributed by atoms with Gasteiger partial charge in [0.2, 0.25) is 11.9 Å². The molecule has 0 saturated heterocycles. The van der Waals surface area contributed by atoms with Crippen molar-refractivity contribution in [2.75, 3.05) is 37.4 Å². The summed E-state index contributed by atoms with van der Waals surface area (Å²) in [5.41, 5.74) is 5.55. The van der Waals surface area contributed by atoms with Crippen LogP contribution in [0.1, 0.15) is 26.7 Å². The maximum Gasteiger partial charge on any atom is 0.323 e. The van der Waals surface area contributed by atoms with Gasteiger partial charge in [0.05, 0.1) is 13.2 Å². The van der Waals surface area contributed by atoms with E-state index in [1.54, 1.807) is 0 Å². The van der Waals surface area contributed by atoms with Gasteiger partial charge in [0.25, 0.3) is 0 Å². The molecule has 0 aliphatic rings. The van der Waals surface area contributed by atoms with Crippen LogP contribution in [0, 0.1) is 0 Å². The van der Waals surface area contributed by atoms with E-state index in [2.05, 4.69) is 27.2 Å². The third-order valence-electron chi connectivity index (χ3n) is 2.08. The van der Waals surface area contributed by atoms with Crippen LogP contribution in [0.25, 0.3) is 0 Å². The molecular formula is C11H21N5O2. The molecule has 0 aromatic carbocycles. The predicted octanol–water partition coefficient (Wildman–Crippen LogP) is 1.08. The topological polar surface area (TPSA) is 95.2 Å². The SMILES string of the molecule is CCCCOCCNc1nc(N)nc(OCC)n1. The van der Waals surface area contributed by atoms with E-state index in [0.29, 0.717) is 25.7 Å². The van der Waals surface area contributed by atoms with Gasteiger partial charge in [0, 0.05) is 13.2 Å². The molecule has 0 aliphatic heterocycles. The molecule has 1 heterocycles. The van der Waals surface area contributed by atoms with Crippen LogP contribution in [-0.4, -0.2) is 41.3 Å². The van der Waals surface area contributed by atoms with Gasteiger partial charge < -0.3 is 20.5 Å². The summed E-state index contributed by atoms with van der Waals surface area (Å²) in [7, 11) is 0. The summed E-state index contributed by atoms with van der Waals surface area (Å²) in [4.78, 5) is 11.9. The Morgan fingerprint density at radius 3 is 2.72 bits per heavy atom. The summed E-state index contributed by atoms with van der Waals surface area (Å²) in [6, 6.07) is 0.236. The van der Waals surface area contributed by atoms with E-state index in [-0.39, 0.29) is 12.0 Å². The van der Waals surface area contributed by atoms with Crippen molar-refractivity contribution < 1.29 is 9.47 Å². The Morgan fingerprint density at radius 1 is 1.17 bits per heavy atom. The predicted molar refractivity (Wildman–Crippen MR) is 69.6 cm³/mol. The number of ether oxygens (including phenoxy) is 2. The molecule has 0 radical (unpaired) electrons. The lowest BCUT2D eigenvalue weighted by molar-refractivity contribution is 0.141. The molecule has 0 atom stereocenters. The Kier molecular flexibility index (Phi) is 6.78. The molecule has 0 saturated carbocycles. The van der Waals surface area contributed by atoms with E-state index in [4.69, 9.17) is 15.2 Å². The van der Waals surface area contributed by atoms with Gasteiger partial charge >= 0.3 is 6.01 Å². The number of nitrogens with zero attached hydrogens (tertiary/aromatic N) is 3. The third-order valence-corrected chi connectivity index (χ3v) is 2.08. The van der Waals surface area contributed by atoms with Gasteiger partial charge in [0.1, 0.15) is 0 Å². The molecule has 1 rings (SSSR count). The normalized spacial score (nSPS) is 10.3. The van der Waals surface area contributed by atoms with Crippen LogP contribution >= 0.6 is 0 Å². The van der Waals surface area contributed by atoms with E-state index in [1.165, 1.54) is 0 Å². The van der Waals surface area contributed by atoms with Crippen LogP contribution in [0.2, 0.25) is 0 Å². The highest BCUT2D eigenvalue weighted by Crippen LogP contribution is 2.08. The van der Waals surface area contributed by atoms with Crippen molar-refractivity contribution in [2.24, 2.45) is 0 Å². The van der Waals surface area contributed by atoms with E-state index in [9.17, 15) is 0 Å². The Balaban J connectivity index is 2.32. The minimum Gasteiger partial charge on any atom is -0.464 e. The lowest BCUT2D eigenvalue weighted by atomic mass is 10.4. The summed E-state index contributed by atoms with van der Waals surface area (Å²) in [5, 5.41) is 3.01. The lowest BCUT2D eigenvalue weighted by Crippen LogP contribution is -2.14. The van der Waals surface area contributed by atoms with Crippen molar-refractivity contribution in [1.29, 1.82) is 0 Å². The highest BCUT2D eigenvalue weighted by Gasteiger charge is 2.04. The van der Waals surface area contributed by atoms with Crippen molar-refractivity contribution in [3.63, 3.8) is 0 Å². The number of nitrogens with one attached hydrogen (secondary N) is 1. The first-order valence-electron chi connectivity index (χ1n) is 6.22. The van der Waals surface area contributed by atoms with Crippen molar-refractivity contribution in [1.82, 2.24) is 15.0 Å². The molecule has 0 aliphatic carbocycles. The number of nitrogen functional groups attached to an aromatic ring is 1. The second-order valence-corrected chi connectivity index (χ2v) is 3.63. The lowest BCUT2D eigenvalue weighted by Gasteiger charge is -2.07. The largest absolute Gasteiger partial charge is 0.464 e. The monoisotopic (exact) mass is 255 g/mol. The van der Waals surface area contributed by atoms with E-state index < -0.39 is 0 Å². The Bertz CT molecular complexity index is 348. The molecule has 0 fully saturated rings. The maximum atomic E-state index is 5.55. The summed E-state index contributed by atoms with van der Waals surface area (Å²) in [6.07, 6.45) is 2.21. The zero-order valence-electron chi connectivity index (χ0n) is 11.0. The standard InChI is InChI=1S/C11H21N5O2/c1-3-5-7-17-8-6-13-10-14-9(12)15-11(16-10)18-4-2/h3-8H2,1-2H3,(H3,12,13,14,15,16). The fourth-order valence-electron chi connectivity index (χ4n) is 1.23. The summed E-state index contributed by atoms with van der Waals surface area (Å²) < 4.78 is 10.6. The number of unbranched alkanes of at least 4 members (excludes halogenated alkanes) is 1. The third kappa shape index (κ3) is 5.62. The van der Waals surface area contributed by atoms with Crippen LogP contribution in [0.4, 0.5) is 11.9 Å². The molecule has 0 amide bonds. The zero-order chi connectivity index (χ0) is 13.2. The average molecular weight is 255 g/mol. The van der Waals surface area contributed by atoms with Crippen molar-refractivity contribution >= 4 is 11.9 Å². The molecule has 3 N–H and O–H groups in total. The minimum atomic E-state index is 0.142. The van der Waals surface area contributed by atoms with Crippen LogP contribution in [-0.2, 0) is 4.74 Å². The Hall–Kier alpha value is -1.63. The Morgan fingerprint density at radius 2 is 2.00 bits per heavy atom. The molecule has 1 aromatic rings.